The van der Waals surface area contributed by atoms with Crippen LogP contribution in [0.5, 0.6) is 5.75 Å². The van der Waals surface area contributed by atoms with Crippen molar-refractivity contribution in [2.45, 2.75) is 18.9 Å². The number of aliphatic carboxylic acids is 1. The summed E-state index contributed by atoms with van der Waals surface area (Å²) in [4.78, 5) is 24.9. The number of rotatable bonds is 3. The van der Waals surface area contributed by atoms with E-state index >= 15 is 0 Å². The minimum atomic E-state index is -1.02. The van der Waals surface area contributed by atoms with Crippen LogP contribution in [-0.2, 0) is 27.2 Å². The Labute approximate surface area is 122 Å². The molecule has 0 saturated carbocycles. The summed E-state index contributed by atoms with van der Waals surface area (Å²) in [6.07, 6.45) is 1.06. The summed E-state index contributed by atoms with van der Waals surface area (Å²) >= 11 is 0. The molecule has 1 atom stereocenters. The number of nitrogens with zero attached hydrogens (tertiary/aromatic N) is 1. The standard InChI is InChI=1S/C15H17NO5/c17-14(16-4-6-20-9-12(16)15(18)19)8-10-1-2-13-11(7-10)3-5-21-13/h1-2,7,12H,3-6,8-9H2,(H,18,19). The fourth-order valence-electron chi connectivity index (χ4n) is 2.73. The van der Waals surface area contributed by atoms with Crippen molar-refractivity contribution < 1.29 is 24.2 Å². The predicted molar refractivity (Wildman–Crippen MR) is 73.3 cm³/mol. The number of carboxylic acids is 1. The van der Waals surface area contributed by atoms with Gasteiger partial charge in [0, 0.05) is 13.0 Å². The summed E-state index contributed by atoms with van der Waals surface area (Å²) in [6, 6.07) is 4.82. The lowest BCUT2D eigenvalue weighted by atomic mass is 10.0. The molecule has 1 saturated heterocycles. The van der Waals surface area contributed by atoms with Gasteiger partial charge < -0.3 is 19.5 Å². The largest absolute Gasteiger partial charge is 0.493 e. The number of carbonyl (C=O) groups is 2. The first kappa shape index (κ1) is 13.9. The Balaban J connectivity index is 1.71. The average Bonchev–Trinajstić information content (AvgIpc) is 2.94. The predicted octanol–water partition coefficient (Wildman–Crippen LogP) is 0.476. The molecule has 6 nitrogen and oxygen atoms in total. The lowest BCUT2D eigenvalue weighted by Gasteiger charge is -2.33. The Morgan fingerprint density at radius 2 is 2.19 bits per heavy atom. The number of ether oxygens (including phenoxy) is 2. The summed E-state index contributed by atoms with van der Waals surface area (Å²) < 4.78 is 10.6. The van der Waals surface area contributed by atoms with E-state index in [1.54, 1.807) is 0 Å². The second kappa shape index (κ2) is 5.73. The third-order valence-corrected chi connectivity index (χ3v) is 3.84. The first-order valence-corrected chi connectivity index (χ1v) is 7.00. The molecule has 1 aromatic carbocycles. The Bertz CT molecular complexity index is 571. The molecular formula is C15H17NO5. The molecule has 1 amide bonds. The molecule has 0 spiro atoms. The van der Waals surface area contributed by atoms with Crippen molar-refractivity contribution in [2.75, 3.05) is 26.4 Å². The van der Waals surface area contributed by atoms with E-state index in [0.29, 0.717) is 19.8 Å². The third kappa shape index (κ3) is 2.85. The number of carbonyl (C=O) groups excluding carboxylic acids is 1. The maximum Gasteiger partial charge on any atom is 0.328 e. The minimum Gasteiger partial charge on any atom is -0.493 e. The topological polar surface area (TPSA) is 76.1 Å². The molecule has 6 heteroatoms. The molecule has 2 aliphatic rings. The molecule has 0 aromatic heterocycles. The molecule has 1 N–H and O–H groups in total. The third-order valence-electron chi connectivity index (χ3n) is 3.84. The zero-order valence-corrected chi connectivity index (χ0v) is 11.6. The molecule has 0 aliphatic carbocycles. The van der Waals surface area contributed by atoms with E-state index in [1.165, 1.54) is 4.90 Å². The maximum absolute atomic E-state index is 12.4. The Morgan fingerprint density at radius 1 is 1.33 bits per heavy atom. The lowest BCUT2D eigenvalue weighted by molar-refractivity contribution is -0.158. The van der Waals surface area contributed by atoms with Gasteiger partial charge in [0.25, 0.3) is 0 Å². The van der Waals surface area contributed by atoms with Crippen LogP contribution in [-0.4, -0.2) is 54.3 Å². The molecule has 21 heavy (non-hydrogen) atoms. The highest BCUT2D eigenvalue weighted by atomic mass is 16.5. The number of carboxylic acid groups (broad SMARTS) is 1. The van der Waals surface area contributed by atoms with E-state index < -0.39 is 12.0 Å². The molecule has 1 aromatic rings. The molecular weight excluding hydrogens is 274 g/mol. The van der Waals surface area contributed by atoms with Gasteiger partial charge in [0.15, 0.2) is 6.04 Å². The van der Waals surface area contributed by atoms with Crippen LogP contribution in [0.25, 0.3) is 0 Å². The summed E-state index contributed by atoms with van der Waals surface area (Å²) in [6.45, 7) is 1.44. The molecule has 0 radical (unpaired) electrons. The first-order chi connectivity index (χ1) is 10.1. The van der Waals surface area contributed by atoms with Crippen molar-refractivity contribution in [1.82, 2.24) is 4.90 Å². The van der Waals surface area contributed by atoms with Crippen LogP contribution in [0.2, 0.25) is 0 Å². The zero-order valence-electron chi connectivity index (χ0n) is 11.6. The van der Waals surface area contributed by atoms with Gasteiger partial charge in [-0.05, 0) is 17.2 Å². The van der Waals surface area contributed by atoms with Crippen LogP contribution in [0.4, 0.5) is 0 Å². The highest BCUT2D eigenvalue weighted by Gasteiger charge is 2.32. The number of benzene rings is 1. The quantitative estimate of drug-likeness (QED) is 0.876. The zero-order chi connectivity index (χ0) is 14.8. The van der Waals surface area contributed by atoms with Crippen LogP contribution in [0, 0.1) is 0 Å². The van der Waals surface area contributed by atoms with E-state index in [0.717, 1.165) is 23.3 Å². The number of amides is 1. The summed E-state index contributed by atoms with van der Waals surface area (Å²) in [7, 11) is 0. The SMILES string of the molecule is O=C(O)C1COCCN1C(=O)Cc1ccc2c(c1)CCO2. The van der Waals surface area contributed by atoms with Crippen LogP contribution in [0.3, 0.4) is 0 Å². The summed E-state index contributed by atoms with van der Waals surface area (Å²) in [5, 5.41) is 9.16. The van der Waals surface area contributed by atoms with Gasteiger partial charge in [-0.3, -0.25) is 4.79 Å². The van der Waals surface area contributed by atoms with Gasteiger partial charge in [0.05, 0.1) is 26.2 Å². The van der Waals surface area contributed by atoms with Crippen molar-refractivity contribution in [1.29, 1.82) is 0 Å². The second-order valence-corrected chi connectivity index (χ2v) is 5.23. The average molecular weight is 291 g/mol. The summed E-state index contributed by atoms with van der Waals surface area (Å²) in [5.74, 6) is -0.323. The second-order valence-electron chi connectivity index (χ2n) is 5.23. The highest BCUT2D eigenvalue weighted by Crippen LogP contribution is 2.26. The van der Waals surface area contributed by atoms with Crippen LogP contribution < -0.4 is 4.74 Å². The van der Waals surface area contributed by atoms with Gasteiger partial charge in [0.2, 0.25) is 5.91 Å². The smallest absolute Gasteiger partial charge is 0.328 e. The Hall–Kier alpha value is -2.08. The fourth-order valence-corrected chi connectivity index (χ4v) is 2.73. The normalized spacial score (nSPS) is 20.8. The number of hydrogen-bond donors (Lipinski definition) is 1. The van der Waals surface area contributed by atoms with Gasteiger partial charge in [0.1, 0.15) is 5.75 Å². The molecule has 1 fully saturated rings. The van der Waals surface area contributed by atoms with E-state index in [1.807, 2.05) is 18.2 Å². The molecule has 2 heterocycles. The highest BCUT2D eigenvalue weighted by molar-refractivity contribution is 5.85. The Kier molecular flexibility index (Phi) is 3.79. The van der Waals surface area contributed by atoms with Gasteiger partial charge in [-0.1, -0.05) is 12.1 Å². The lowest BCUT2D eigenvalue weighted by Crippen LogP contribution is -2.53. The van der Waals surface area contributed by atoms with E-state index in [9.17, 15) is 9.59 Å². The Morgan fingerprint density at radius 3 is 3.00 bits per heavy atom. The number of hydrogen-bond acceptors (Lipinski definition) is 4. The summed E-state index contributed by atoms with van der Waals surface area (Å²) in [5.41, 5.74) is 2.00. The van der Waals surface area contributed by atoms with E-state index in [2.05, 4.69) is 0 Å². The first-order valence-electron chi connectivity index (χ1n) is 7.00. The number of fused-ring (bicyclic) bond motifs is 1. The molecule has 3 rings (SSSR count). The molecule has 1 unspecified atom stereocenters. The molecule has 112 valence electrons. The van der Waals surface area contributed by atoms with Gasteiger partial charge >= 0.3 is 5.97 Å². The van der Waals surface area contributed by atoms with E-state index in [-0.39, 0.29) is 18.9 Å². The van der Waals surface area contributed by atoms with Crippen molar-refractivity contribution in [3.63, 3.8) is 0 Å². The van der Waals surface area contributed by atoms with Crippen molar-refractivity contribution in [3.8, 4) is 5.75 Å². The molecule has 0 bridgehead atoms. The fraction of sp³-hybridized carbons (Fsp3) is 0.467. The van der Waals surface area contributed by atoms with Crippen molar-refractivity contribution in [2.24, 2.45) is 0 Å². The van der Waals surface area contributed by atoms with Gasteiger partial charge in [-0.2, -0.15) is 0 Å². The monoisotopic (exact) mass is 291 g/mol. The van der Waals surface area contributed by atoms with Crippen molar-refractivity contribution in [3.05, 3.63) is 29.3 Å². The number of morpholine rings is 1. The molecule has 2 aliphatic heterocycles. The van der Waals surface area contributed by atoms with Crippen LogP contribution in [0.15, 0.2) is 18.2 Å². The van der Waals surface area contributed by atoms with E-state index in [4.69, 9.17) is 14.6 Å². The van der Waals surface area contributed by atoms with Gasteiger partial charge in [-0.25, -0.2) is 4.79 Å². The van der Waals surface area contributed by atoms with Gasteiger partial charge in [-0.15, -0.1) is 0 Å². The van der Waals surface area contributed by atoms with Crippen LogP contribution >= 0.6 is 0 Å². The van der Waals surface area contributed by atoms with Crippen molar-refractivity contribution >= 4 is 11.9 Å². The minimum absolute atomic E-state index is 0.0547. The van der Waals surface area contributed by atoms with Crippen LogP contribution in [0.1, 0.15) is 11.1 Å². The maximum atomic E-state index is 12.4.